The summed E-state index contributed by atoms with van der Waals surface area (Å²) in [6, 6.07) is 12.2. The minimum Gasteiger partial charge on any atom is -0.506 e. The van der Waals surface area contributed by atoms with Crippen LogP contribution in [0, 0.1) is 6.92 Å². The van der Waals surface area contributed by atoms with E-state index in [0.717, 1.165) is 11.1 Å². The number of thiocarbonyl (C=S) groups is 1. The Bertz CT molecular complexity index is 758. The maximum atomic E-state index is 11.8. The molecule has 2 aromatic rings. The number of aromatic hydroxyl groups is 1. The first-order chi connectivity index (χ1) is 10.9. The number of rotatable bonds is 3. The quantitative estimate of drug-likeness (QED) is 0.448. The van der Waals surface area contributed by atoms with Crippen LogP contribution in [-0.2, 0) is 4.79 Å². The van der Waals surface area contributed by atoms with Gasteiger partial charge in [0.1, 0.15) is 5.75 Å². The lowest BCUT2D eigenvalue weighted by atomic mass is 10.2. The maximum absolute atomic E-state index is 11.8. The molecule has 0 aliphatic heterocycles. The number of benzene rings is 2. The van der Waals surface area contributed by atoms with Crippen LogP contribution < -0.4 is 10.6 Å². The molecule has 0 atom stereocenters. The number of carbonyl (C=O) groups is 1. The SMILES string of the molecule is Cc1ccc(NC(=S)NC(=O)/C=C/c2ccc(Cl)cc2)c(O)c1. The van der Waals surface area contributed by atoms with Gasteiger partial charge >= 0.3 is 0 Å². The van der Waals surface area contributed by atoms with Crippen LogP contribution in [0.25, 0.3) is 6.08 Å². The van der Waals surface area contributed by atoms with Gasteiger partial charge < -0.3 is 10.4 Å². The van der Waals surface area contributed by atoms with Crippen LogP contribution in [0.4, 0.5) is 5.69 Å². The number of halogens is 1. The number of hydrogen-bond acceptors (Lipinski definition) is 3. The third-order valence-electron chi connectivity index (χ3n) is 2.94. The highest BCUT2D eigenvalue weighted by molar-refractivity contribution is 7.80. The van der Waals surface area contributed by atoms with Gasteiger partial charge in [-0.05, 0) is 60.6 Å². The van der Waals surface area contributed by atoms with Crippen LogP contribution in [0.5, 0.6) is 5.75 Å². The van der Waals surface area contributed by atoms with Crippen LogP contribution in [0.1, 0.15) is 11.1 Å². The van der Waals surface area contributed by atoms with Crippen LogP contribution in [0.2, 0.25) is 5.02 Å². The molecule has 0 saturated heterocycles. The molecule has 0 aromatic heterocycles. The lowest BCUT2D eigenvalue weighted by Crippen LogP contribution is -2.32. The van der Waals surface area contributed by atoms with Crippen LogP contribution in [-0.4, -0.2) is 16.1 Å². The summed E-state index contributed by atoms with van der Waals surface area (Å²) in [5.41, 5.74) is 2.20. The molecule has 23 heavy (non-hydrogen) atoms. The Balaban J connectivity index is 1.91. The molecule has 3 N–H and O–H groups in total. The van der Waals surface area contributed by atoms with Crippen LogP contribution in [0.3, 0.4) is 0 Å². The van der Waals surface area contributed by atoms with E-state index in [0.29, 0.717) is 10.7 Å². The molecule has 0 fully saturated rings. The van der Waals surface area contributed by atoms with Crippen molar-refractivity contribution in [2.24, 2.45) is 0 Å². The van der Waals surface area contributed by atoms with Crippen molar-refractivity contribution < 1.29 is 9.90 Å². The van der Waals surface area contributed by atoms with Crippen molar-refractivity contribution in [3.63, 3.8) is 0 Å². The van der Waals surface area contributed by atoms with Gasteiger partial charge in [-0.25, -0.2) is 0 Å². The van der Waals surface area contributed by atoms with E-state index in [1.807, 2.05) is 13.0 Å². The standard InChI is InChI=1S/C17H15ClN2O2S/c1-11-2-8-14(15(21)10-11)19-17(23)20-16(22)9-5-12-3-6-13(18)7-4-12/h2-10,21H,1H3,(H2,19,20,22,23)/b9-5+. The van der Waals surface area contributed by atoms with Crippen molar-refractivity contribution in [2.45, 2.75) is 6.92 Å². The minimum atomic E-state index is -0.371. The molecule has 0 aliphatic rings. The topological polar surface area (TPSA) is 61.4 Å². The normalized spacial score (nSPS) is 10.5. The zero-order valence-electron chi connectivity index (χ0n) is 12.3. The highest BCUT2D eigenvalue weighted by Crippen LogP contribution is 2.23. The molecule has 0 aliphatic carbocycles. The zero-order chi connectivity index (χ0) is 16.8. The van der Waals surface area contributed by atoms with Gasteiger partial charge in [-0.2, -0.15) is 0 Å². The van der Waals surface area contributed by atoms with Crippen molar-refractivity contribution in [1.29, 1.82) is 0 Å². The van der Waals surface area contributed by atoms with Crippen molar-refractivity contribution in [2.75, 3.05) is 5.32 Å². The van der Waals surface area contributed by atoms with Gasteiger partial charge in [-0.1, -0.05) is 29.8 Å². The number of amides is 1. The molecule has 0 spiro atoms. The highest BCUT2D eigenvalue weighted by atomic mass is 35.5. The summed E-state index contributed by atoms with van der Waals surface area (Å²) < 4.78 is 0. The van der Waals surface area contributed by atoms with E-state index in [2.05, 4.69) is 10.6 Å². The van der Waals surface area contributed by atoms with Gasteiger partial charge in [0.2, 0.25) is 5.91 Å². The third-order valence-corrected chi connectivity index (χ3v) is 3.39. The van der Waals surface area contributed by atoms with Crippen molar-refractivity contribution in [3.05, 3.63) is 64.7 Å². The number of hydrogen-bond donors (Lipinski definition) is 3. The van der Waals surface area contributed by atoms with Gasteiger partial charge in [0.25, 0.3) is 0 Å². The van der Waals surface area contributed by atoms with Crippen molar-refractivity contribution >= 4 is 46.6 Å². The van der Waals surface area contributed by atoms with E-state index in [1.165, 1.54) is 6.08 Å². The van der Waals surface area contributed by atoms with Crippen LogP contribution in [0.15, 0.2) is 48.5 Å². The predicted molar refractivity (Wildman–Crippen MR) is 97.7 cm³/mol. The van der Waals surface area contributed by atoms with E-state index in [-0.39, 0.29) is 16.8 Å². The fraction of sp³-hybridized carbons (Fsp3) is 0.0588. The molecule has 0 radical (unpaired) electrons. The molecular formula is C17H15ClN2O2S. The average molecular weight is 347 g/mol. The molecular weight excluding hydrogens is 332 g/mol. The minimum absolute atomic E-state index is 0.0679. The highest BCUT2D eigenvalue weighted by Gasteiger charge is 2.05. The van der Waals surface area contributed by atoms with Crippen LogP contribution >= 0.6 is 23.8 Å². The van der Waals surface area contributed by atoms with E-state index < -0.39 is 0 Å². The summed E-state index contributed by atoms with van der Waals surface area (Å²) in [5.74, 6) is -0.303. The molecule has 2 rings (SSSR count). The average Bonchev–Trinajstić information content (AvgIpc) is 2.49. The van der Waals surface area contributed by atoms with Gasteiger partial charge in [-0.15, -0.1) is 0 Å². The summed E-state index contributed by atoms with van der Waals surface area (Å²) >= 11 is 10.8. The van der Waals surface area contributed by atoms with Gasteiger partial charge in [0, 0.05) is 11.1 Å². The van der Waals surface area contributed by atoms with Crippen molar-refractivity contribution in [3.8, 4) is 5.75 Å². The second-order valence-electron chi connectivity index (χ2n) is 4.85. The zero-order valence-corrected chi connectivity index (χ0v) is 13.9. The van der Waals surface area contributed by atoms with Gasteiger partial charge in [0.15, 0.2) is 5.11 Å². The Hall–Kier alpha value is -2.37. The monoisotopic (exact) mass is 346 g/mol. The Kier molecular flexibility index (Phi) is 5.73. The predicted octanol–water partition coefficient (Wildman–Crippen LogP) is 3.88. The number of aryl methyl sites for hydroxylation is 1. The number of nitrogens with one attached hydrogen (secondary N) is 2. The summed E-state index contributed by atoms with van der Waals surface area (Å²) in [6.45, 7) is 1.87. The van der Waals surface area contributed by atoms with E-state index >= 15 is 0 Å². The first kappa shape index (κ1) is 17.0. The summed E-state index contributed by atoms with van der Waals surface area (Å²) in [7, 11) is 0. The fourth-order valence-corrected chi connectivity index (χ4v) is 2.14. The molecule has 1 amide bonds. The molecule has 118 valence electrons. The Labute approximate surface area is 144 Å². The van der Waals surface area contributed by atoms with Gasteiger partial charge in [-0.3, -0.25) is 10.1 Å². The molecule has 6 heteroatoms. The first-order valence-corrected chi connectivity index (χ1v) is 7.58. The number of phenolic OH excluding ortho intramolecular Hbond substituents is 1. The third kappa shape index (κ3) is 5.39. The van der Waals surface area contributed by atoms with E-state index in [1.54, 1.807) is 42.5 Å². The number of anilines is 1. The molecule has 0 bridgehead atoms. The lowest BCUT2D eigenvalue weighted by molar-refractivity contribution is -0.115. The second kappa shape index (κ2) is 7.76. The largest absolute Gasteiger partial charge is 0.506 e. The smallest absolute Gasteiger partial charge is 0.250 e. The Morgan fingerprint density at radius 2 is 1.91 bits per heavy atom. The second-order valence-corrected chi connectivity index (χ2v) is 5.69. The first-order valence-electron chi connectivity index (χ1n) is 6.79. The summed E-state index contributed by atoms with van der Waals surface area (Å²) in [6.07, 6.45) is 3.02. The number of carbonyl (C=O) groups excluding carboxylic acids is 1. The summed E-state index contributed by atoms with van der Waals surface area (Å²) in [4.78, 5) is 11.8. The molecule has 4 nitrogen and oxygen atoms in total. The Morgan fingerprint density at radius 1 is 1.22 bits per heavy atom. The summed E-state index contributed by atoms with van der Waals surface area (Å²) in [5, 5.41) is 15.8. The lowest BCUT2D eigenvalue weighted by Gasteiger charge is -2.10. The van der Waals surface area contributed by atoms with Gasteiger partial charge in [0.05, 0.1) is 5.69 Å². The maximum Gasteiger partial charge on any atom is 0.250 e. The molecule has 2 aromatic carbocycles. The molecule has 0 unspecified atom stereocenters. The molecule has 0 saturated carbocycles. The van der Waals surface area contributed by atoms with Crippen molar-refractivity contribution in [1.82, 2.24) is 5.32 Å². The molecule has 0 heterocycles. The van der Waals surface area contributed by atoms with E-state index in [4.69, 9.17) is 23.8 Å². The number of phenols is 1. The fourth-order valence-electron chi connectivity index (χ4n) is 1.80. The Morgan fingerprint density at radius 3 is 2.57 bits per heavy atom. The van der Waals surface area contributed by atoms with E-state index in [9.17, 15) is 9.90 Å².